The Morgan fingerprint density at radius 3 is 2.70 bits per heavy atom. The standard InChI is InChI=1S/C21H23N3O2S4/c1-26-16-6-4-15(5-7-16)18-13-17(19-3-2-10-29-19)22-24(18)20(25)14-30-21(27)23-8-11-28-12-9-23/h2-7,10,18H,8-9,11-14H2,1H3/t18-/m1/s1. The Labute approximate surface area is 194 Å². The quantitative estimate of drug-likeness (QED) is 0.591. The predicted molar refractivity (Wildman–Crippen MR) is 132 cm³/mol. The van der Waals surface area contributed by atoms with Crippen molar-refractivity contribution in [2.45, 2.75) is 12.5 Å². The van der Waals surface area contributed by atoms with Crippen molar-refractivity contribution >= 4 is 63.0 Å². The Balaban J connectivity index is 1.48. The van der Waals surface area contributed by atoms with E-state index < -0.39 is 0 Å². The van der Waals surface area contributed by atoms with Crippen LogP contribution in [0.5, 0.6) is 5.75 Å². The van der Waals surface area contributed by atoms with Crippen LogP contribution in [0.15, 0.2) is 46.9 Å². The highest BCUT2D eigenvalue weighted by molar-refractivity contribution is 8.23. The maximum Gasteiger partial charge on any atom is 0.253 e. The number of benzene rings is 1. The molecule has 5 nitrogen and oxygen atoms in total. The van der Waals surface area contributed by atoms with Crippen LogP contribution >= 0.6 is 47.1 Å². The number of carbonyl (C=O) groups excluding carboxylic acids is 1. The molecule has 1 atom stereocenters. The van der Waals surface area contributed by atoms with Gasteiger partial charge in [-0.2, -0.15) is 16.9 Å². The SMILES string of the molecule is COc1ccc([C@H]2CC(c3cccs3)=NN2C(=O)CSC(=S)N2CCSCC2)cc1. The van der Waals surface area contributed by atoms with Gasteiger partial charge in [0.1, 0.15) is 10.1 Å². The number of hydrogen-bond acceptors (Lipinski definition) is 7. The largest absolute Gasteiger partial charge is 0.497 e. The number of nitrogens with zero attached hydrogens (tertiary/aromatic N) is 3. The highest BCUT2D eigenvalue weighted by atomic mass is 32.2. The molecule has 0 saturated carbocycles. The van der Waals surface area contributed by atoms with Gasteiger partial charge in [0.05, 0.1) is 29.5 Å². The third-order valence-corrected chi connectivity index (χ3v) is 8.43. The van der Waals surface area contributed by atoms with E-state index in [-0.39, 0.29) is 11.9 Å². The molecular weight excluding hydrogens is 455 g/mol. The fraction of sp³-hybridized carbons (Fsp3) is 0.381. The van der Waals surface area contributed by atoms with Crippen molar-refractivity contribution in [1.82, 2.24) is 9.91 Å². The summed E-state index contributed by atoms with van der Waals surface area (Å²) in [5.41, 5.74) is 2.01. The first-order valence-electron chi connectivity index (χ1n) is 9.72. The molecule has 1 aromatic heterocycles. The maximum atomic E-state index is 13.1. The number of thioether (sulfide) groups is 2. The van der Waals surface area contributed by atoms with Gasteiger partial charge in [-0.15, -0.1) is 11.3 Å². The zero-order valence-electron chi connectivity index (χ0n) is 16.7. The maximum absolute atomic E-state index is 13.1. The molecule has 3 heterocycles. The van der Waals surface area contributed by atoms with E-state index in [2.05, 4.69) is 11.0 Å². The molecule has 9 heteroatoms. The molecule has 1 amide bonds. The van der Waals surface area contributed by atoms with Gasteiger partial charge in [-0.1, -0.05) is 42.2 Å². The van der Waals surface area contributed by atoms with E-state index >= 15 is 0 Å². The van der Waals surface area contributed by atoms with Gasteiger partial charge in [-0.05, 0) is 29.1 Å². The molecular formula is C21H23N3O2S4. The minimum atomic E-state index is -0.110. The predicted octanol–water partition coefficient (Wildman–Crippen LogP) is 4.50. The van der Waals surface area contributed by atoms with Crippen LogP contribution in [0.25, 0.3) is 0 Å². The van der Waals surface area contributed by atoms with Crippen LogP contribution in [0.4, 0.5) is 0 Å². The third kappa shape index (κ3) is 5.01. The highest BCUT2D eigenvalue weighted by Gasteiger charge is 2.33. The second-order valence-corrected chi connectivity index (χ2v) is 10.7. The summed E-state index contributed by atoms with van der Waals surface area (Å²) in [4.78, 5) is 16.5. The molecule has 0 bridgehead atoms. The zero-order chi connectivity index (χ0) is 20.9. The number of rotatable bonds is 5. The zero-order valence-corrected chi connectivity index (χ0v) is 19.9. The number of thiocarbonyl (C=S) groups is 1. The molecule has 0 radical (unpaired) electrons. The van der Waals surface area contributed by atoms with Crippen LogP contribution in [0, 0.1) is 0 Å². The van der Waals surface area contributed by atoms with Crippen LogP contribution in [-0.2, 0) is 4.79 Å². The second kappa shape index (κ2) is 10.2. The third-order valence-electron chi connectivity index (χ3n) is 5.06. The second-order valence-electron chi connectivity index (χ2n) is 6.91. The summed E-state index contributed by atoms with van der Waals surface area (Å²) in [6.07, 6.45) is 0.705. The van der Waals surface area contributed by atoms with E-state index in [1.165, 1.54) is 11.8 Å². The van der Waals surface area contributed by atoms with Crippen LogP contribution in [-0.4, -0.2) is 63.3 Å². The fourth-order valence-corrected chi connectivity index (χ4v) is 6.17. The van der Waals surface area contributed by atoms with Crippen LogP contribution < -0.4 is 4.74 Å². The Bertz CT molecular complexity index is 909. The molecule has 0 N–H and O–H groups in total. The lowest BCUT2D eigenvalue weighted by Gasteiger charge is -2.28. The molecule has 1 fully saturated rings. The van der Waals surface area contributed by atoms with Gasteiger partial charge < -0.3 is 9.64 Å². The van der Waals surface area contributed by atoms with Crippen molar-refractivity contribution < 1.29 is 9.53 Å². The lowest BCUT2D eigenvalue weighted by atomic mass is 10.0. The summed E-state index contributed by atoms with van der Waals surface area (Å²) in [5, 5.41) is 8.42. The van der Waals surface area contributed by atoms with Crippen molar-refractivity contribution in [3.63, 3.8) is 0 Å². The summed E-state index contributed by atoms with van der Waals surface area (Å²) in [6, 6.07) is 11.8. The Morgan fingerprint density at radius 1 is 1.27 bits per heavy atom. The lowest BCUT2D eigenvalue weighted by Crippen LogP contribution is -2.36. The first kappa shape index (κ1) is 21.7. The highest BCUT2D eigenvalue weighted by Crippen LogP contribution is 2.35. The average molecular weight is 478 g/mol. The smallest absolute Gasteiger partial charge is 0.253 e. The number of carbonyl (C=O) groups is 1. The van der Waals surface area contributed by atoms with Gasteiger partial charge in [0.15, 0.2) is 0 Å². The lowest BCUT2D eigenvalue weighted by molar-refractivity contribution is -0.130. The number of amides is 1. The molecule has 2 aliphatic heterocycles. The van der Waals surface area contributed by atoms with Crippen LogP contribution in [0.3, 0.4) is 0 Å². The monoisotopic (exact) mass is 477 g/mol. The van der Waals surface area contributed by atoms with Crippen molar-refractivity contribution in [2.24, 2.45) is 5.10 Å². The van der Waals surface area contributed by atoms with E-state index in [0.29, 0.717) is 12.2 Å². The Hall–Kier alpha value is -1.55. The minimum Gasteiger partial charge on any atom is -0.497 e. The summed E-state index contributed by atoms with van der Waals surface area (Å²) in [6.45, 7) is 1.92. The molecule has 30 heavy (non-hydrogen) atoms. The number of hydrogen-bond donors (Lipinski definition) is 0. The molecule has 1 saturated heterocycles. The molecule has 2 aliphatic rings. The number of thiophene rings is 1. The fourth-order valence-electron chi connectivity index (χ4n) is 3.44. The van der Waals surface area contributed by atoms with Crippen LogP contribution in [0.2, 0.25) is 0 Å². The molecule has 0 unspecified atom stereocenters. The molecule has 0 aliphatic carbocycles. The normalized spacial score (nSPS) is 19.0. The van der Waals surface area contributed by atoms with Gasteiger partial charge in [0.25, 0.3) is 5.91 Å². The Morgan fingerprint density at radius 2 is 2.03 bits per heavy atom. The minimum absolute atomic E-state index is 0.0129. The van der Waals surface area contributed by atoms with E-state index in [9.17, 15) is 4.79 Å². The van der Waals surface area contributed by atoms with Crippen molar-refractivity contribution in [2.75, 3.05) is 37.5 Å². The topological polar surface area (TPSA) is 45.1 Å². The first-order valence-corrected chi connectivity index (χ1v) is 13.2. The molecule has 2 aromatic rings. The van der Waals surface area contributed by atoms with Gasteiger partial charge in [0, 0.05) is 31.0 Å². The first-order chi connectivity index (χ1) is 14.7. The molecule has 4 rings (SSSR count). The summed E-state index contributed by atoms with van der Waals surface area (Å²) < 4.78 is 6.09. The van der Waals surface area contributed by atoms with Gasteiger partial charge in [0.2, 0.25) is 0 Å². The van der Waals surface area contributed by atoms with Gasteiger partial charge in [-0.25, -0.2) is 5.01 Å². The Kier molecular flexibility index (Phi) is 7.35. The molecule has 1 aromatic carbocycles. The van der Waals surface area contributed by atoms with Gasteiger partial charge in [-0.3, -0.25) is 4.79 Å². The van der Waals surface area contributed by atoms with Crippen LogP contribution in [0.1, 0.15) is 22.9 Å². The van der Waals surface area contributed by atoms with E-state index in [1.807, 2.05) is 47.5 Å². The summed E-state index contributed by atoms with van der Waals surface area (Å²) in [5.74, 6) is 3.27. The van der Waals surface area contributed by atoms with Crippen molar-refractivity contribution in [3.8, 4) is 5.75 Å². The molecule has 0 spiro atoms. The van der Waals surface area contributed by atoms with E-state index in [1.54, 1.807) is 23.5 Å². The van der Waals surface area contributed by atoms with Crippen molar-refractivity contribution in [3.05, 3.63) is 52.2 Å². The number of methoxy groups -OCH3 is 1. The molecule has 158 valence electrons. The summed E-state index contributed by atoms with van der Waals surface area (Å²) in [7, 11) is 1.65. The number of hydrazone groups is 1. The average Bonchev–Trinajstić information content (AvgIpc) is 3.48. The number of ether oxygens (including phenoxy) is 1. The van der Waals surface area contributed by atoms with Crippen molar-refractivity contribution in [1.29, 1.82) is 0 Å². The summed E-state index contributed by atoms with van der Waals surface area (Å²) >= 11 is 10.6. The van der Waals surface area contributed by atoms with Gasteiger partial charge >= 0.3 is 0 Å². The van der Waals surface area contributed by atoms with E-state index in [0.717, 1.165) is 50.8 Å². The van der Waals surface area contributed by atoms with E-state index in [4.69, 9.17) is 22.1 Å².